The van der Waals surface area contributed by atoms with Crippen LogP contribution in [0, 0.1) is 0 Å². The van der Waals surface area contributed by atoms with Gasteiger partial charge in [0.1, 0.15) is 10.6 Å². The molecule has 0 spiro atoms. The third-order valence-corrected chi connectivity index (χ3v) is 5.17. The van der Waals surface area contributed by atoms with Crippen molar-refractivity contribution >= 4 is 15.9 Å². The van der Waals surface area contributed by atoms with Crippen LogP contribution < -0.4 is 20.1 Å². The highest BCUT2D eigenvalue weighted by Crippen LogP contribution is 2.28. The monoisotopic (exact) mass is 355 g/mol. The van der Waals surface area contributed by atoms with Crippen LogP contribution in [0.1, 0.15) is 36.5 Å². The normalized spacial score (nSPS) is 14.4. The largest absolute Gasteiger partial charge is 0.495 e. The van der Waals surface area contributed by atoms with Crippen LogP contribution in [0.4, 0.5) is 0 Å². The number of amides is 1. The second-order valence-corrected chi connectivity index (χ2v) is 7.45. The van der Waals surface area contributed by atoms with Gasteiger partial charge in [-0.1, -0.05) is 6.92 Å². The maximum atomic E-state index is 12.4. The Morgan fingerprint density at radius 3 is 2.62 bits per heavy atom. The molecule has 0 bridgehead atoms. The summed E-state index contributed by atoms with van der Waals surface area (Å²) >= 11 is 0. The van der Waals surface area contributed by atoms with E-state index in [0.29, 0.717) is 18.7 Å². The minimum absolute atomic E-state index is 0.00587. The lowest BCUT2D eigenvalue weighted by molar-refractivity contribution is 0.0953. The molecule has 1 aromatic rings. The number of carbonyl (C=O) groups is 1. The molecule has 0 saturated heterocycles. The van der Waals surface area contributed by atoms with Gasteiger partial charge >= 0.3 is 0 Å². The Hall–Kier alpha value is -1.64. The Morgan fingerprint density at radius 2 is 2.00 bits per heavy atom. The van der Waals surface area contributed by atoms with Crippen molar-refractivity contribution < 1.29 is 17.9 Å². The van der Waals surface area contributed by atoms with Crippen molar-refractivity contribution in [3.63, 3.8) is 0 Å². The van der Waals surface area contributed by atoms with Crippen LogP contribution in [0.2, 0.25) is 0 Å². The minimum Gasteiger partial charge on any atom is -0.495 e. The molecule has 24 heavy (non-hydrogen) atoms. The zero-order valence-corrected chi connectivity index (χ0v) is 14.9. The summed E-state index contributed by atoms with van der Waals surface area (Å²) in [4.78, 5) is 12.2. The number of carbonyl (C=O) groups excluding carboxylic acids is 1. The Bertz CT molecular complexity index is 672. The molecule has 0 aromatic heterocycles. The molecule has 1 aliphatic carbocycles. The fourth-order valence-corrected chi connectivity index (χ4v) is 3.68. The van der Waals surface area contributed by atoms with Gasteiger partial charge in [0.25, 0.3) is 5.91 Å². The molecule has 0 aliphatic heterocycles. The summed E-state index contributed by atoms with van der Waals surface area (Å²) in [7, 11) is -2.29. The van der Waals surface area contributed by atoms with Crippen LogP contribution >= 0.6 is 0 Å². The quantitative estimate of drug-likeness (QED) is 0.541. The molecular formula is C16H25N3O4S. The molecule has 134 valence electrons. The average molecular weight is 355 g/mol. The van der Waals surface area contributed by atoms with E-state index in [2.05, 4.69) is 22.3 Å². The Balaban J connectivity index is 2.08. The first kappa shape index (κ1) is 18.7. The van der Waals surface area contributed by atoms with E-state index in [9.17, 15) is 13.2 Å². The van der Waals surface area contributed by atoms with Crippen molar-refractivity contribution in [2.45, 2.75) is 37.1 Å². The van der Waals surface area contributed by atoms with Crippen molar-refractivity contribution in [3.05, 3.63) is 23.8 Å². The van der Waals surface area contributed by atoms with Gasteiger partial charge in [0, 0.05) is 24.7 Å². The van der Waals surface area contributed by atoms with E-state index >= 15 is 0 Å². The summed E-state index contributed by atoms with van der Waals surface area (Å²) in [6, 6.07) is 4.41. The van der Waals surface area contributed by atoms with E-state index in [1.807, 2.05) is 0 Å². The third kappa shape index (κ3) is 5.19. The molecule has 0 atom stereocenters. The predicted molar refractivity (Wildman–Crippen MR) is 91.8 cm³/mol. The van der Waals surface area contributed by atoms with Crippen LogP contribution in [0.5, 0.6) is 5.75 Å². The van der Waals surface area contributed by atoms with E-state index in [0.717, 1.165) is 25.8 Å². The van der Waals surface area contributed by atoms with Crippen LogP contribution in [-0.2, 0) is 10.0 Å². The fraction of sp³-hybridized carbons (Fsp3) is 0.562. The number of ether oxygens (including phenoxy) is 1. The first-order chi connectivity index (χ1) is 11.5. The Morgan fingerprint density at radius 1 is 1.25 bits per heavy atom. The molecule has 0 unspecified atom stereocenters. The SMILES string of the molecule is CCCNCCNC(=O)c1ccc(OC)c(S(=O)(=O)NC2CC2)c1. The summed E-state index contributed by atoms with van der Waals surface area (Å²) in [5.74, 6) is -0.0804. The summed E-state index contributed by atoms with van der Waals surface area (Å²) in [6.45, 7) is 4.12. The zero-order chi connectivity index (χ0) is 17.6. The topological polar surface area (TPSA) is 96.5 Å². The lowest BCUT2D eigenvalue weighted by atomic mass is 10.2. The Labute approximate surface area is 143 Å². The number of nitrogens with one attached hydrogen (secondary N) is 3. The highest BCUT2D eigenvalue weighted by Gasteiger charge is 2.30. The van der Waals surface area contributed by atoms with Crippen molar-refractivity contribution in [2.24, 2.45) is 0 Å². The lowest BCUT2D eigenvalue weighted by Crippen LogP contribution is -2.32. The van der Waals surface area contributed by atoms with Crippen molar-refractivity contribution in [2.75, 3.05) is 26.7 Å². The maximum Gasteiger partial charge on any atom is 0.251 e. The van der Waals surface area contributed by atoms with Gasteiger partial charge in [0.15, 0.2) is 0 Å². The minimum atomic E-state index is -3.70. The van der Waals surface area contributed by atoms with Crippen molar-refractivity contribution in [1.29, 1.82) is 0 Å². The highest BCUT2D eigenvalue weighted by molar-refractivity contribution is 7.89. The molecule has 1 aromatic carbocycles. The number of rotatable bonds is 10. The van der Waals surface area contributed by atoms with Crippen LogP contribution in [0.25, 0.3) is 0 Å². The number of methoxy groups -OCH3 is 1. The summed E-state index contributed by atoms with van der Waals surface area (Å²) in [6.07, 6.45) is 2.71. The highest BCUT2D eigenvalue weighted by atomic mass is 32.2. The van der Waals surface area contributed by atoms with Crippen LogP contribution in [-0.4, -0.2) is 47.1 Å². The van der Waals surface area contributed by atoms with Crippen molar-refractivity contribution in [3.8, 4) is 5.75 Å². The van der Waals surface area contributed by atoms with E-state index in [1.165, 1.54) is 19.2 Å². The van der Waals surface area contributed by atoms with Gasteiger partial charge in [-0.25, -0.2) is 13.1 Å². The molecular weight excluding hydrogens is 330 g/mol. The maximum absolute atomic E-state index is 12.4. The van der Waals surface area contributed by atoms with E-state index < -0.39 is 10.0 Å². The van der Waals surface area contributed by atoms with E-state index in [1.54, 1.807) is 6.07 Å². The fourth-order valence-electron chi connectivity index (χ4n) is 2.18. The van der Waals surface area contributed by atoms with Gasteiger partial charge in [-0.2, -0.15) is 0 Å². The summed E-state index contributed by atoms with van der Waals surface area (Å²) in [5, 5.41) is 5.95. The van der Waals surface area contributed by atoms with Crippen LogP contribution in [0.3, 0.4) is 0 Å². The smallest absolute Gasteiger partial charge is 0.251 e. The average Bonchev–Trinajstić information content (AvgIpc) is 3.37. The van der Waals surface area contributed by atoms with Gasteiger partial charge in [-0.05, 0) is 44.0 Å². The third-order valence-electron chi connectivity index (χ3n) is 3.63. The summed E-state index contributed by atoms with van der Waals surface area (Å²) < 4.78 is 32.6. The van der Waals surface area contributed by atoms with Crippen molar-refractivity contribution in [1.82, 2.24) is 15.4 Å². The van der Waals surface area contributed by atoms with E-state index in [4.69, 9.17) is 4.74 Å². The van der Waals surface area contributed by atoms with Gasteiger partial charge in [0.05, 0.1) is 7.11 Å². The second-order valence-electron chi connectivity index (χ2n) is 5.77. The first-order valence-electron chi connectivity index (χ1n) is 8.17. The molecule has 0 radical (unpaired) electrons. The molecule has 7 nitrogen and oxygen atoms in total. The molecule has 1 saturated carbocycles. The zero-order valence-electron chi connectivity index (χ0n) is 14.1. The number of sulfonamides is 1. The van der Waals surface area contributed by atoms with Gasteiger partial charge in [0.2, 0.25) is 10.0 Å². The molecule has 2 rings (SSSR count). The summed E-state index contributed by atoms with van der Waals surface area (Å²) in [5.41, 5.74) is 0.294. The second kappa shape index (κ2) is 8.46. The molecule has 8 heteroatoms. The van der Waals surface area contributed by atoms with Gasteiger partial charge < -0.3 is 15.4 Å². The molecule has 3 N–H and O–H groups in total. The van der Waals surface area contributed by atoms with Gasteiger partial charge in [-0.3, -0.25) is 4.79 Å². The van der Waals surface area contributed by atoms with Gasteiger partial charge in [-0.15, -0.1) is 0 Å². The number of hydrogen-bond acceptors (Lipinski definition) is 5. The Kier molecular flexibility index (Phi) is 6.59. The lowest BCUT2D eigenvalue weighted by Gasteiger charge is -2.12. The number of benzene rings is 1. The van der Waals surface area contributed by atoms with Crippen LogP contribution in [0.15, 0.2) is 23.1 Å². The first-order valence-corrected chi connectivity index (χ1v) is 9.65. The molecule has 0 heterocycles. The molecule has 1 aliphatic rings. The molecule has 1 amide bonds. The number of hydrogen-bond donors (Lipinski definition) is 3. The predicted octanol–water partition coefficient (Wildman–Crippen LogP) is 0.865. The standard InChI is InChI=1S/C16H25N3O4S/c1-3-8-17-9-10-18-16(20)12-4-7-14(23-2)15(11-12)24(21,22)19-13-5-6-13/h4,7,11,13,17,19H,3,5-6,8-10H2,1-2H3,(H,18,20). The molecule has 1 fully saturated rings. The van der Waals surface area contributed by atoms with E-state index in [-0.39, 0.29) is 22.6 Å².